The molecule has 1 N–H and O–H groups in total. The van der Waals surface area contributed by atoms with Crippen molar-refractivity contribution in [3.05, 3.63) is 11.8 Å². The SMILES string of the molecule is CCN(CC)C(=O)N/C(=C/C(=O)OC)C(F)(F)F. The summed E-state index contributed by atoms with van der Waals surface area (Å²) >= 11 is 0. The van der Waals surface area contributed by atoms with Crippen molar-refractivity contribution in [2.75, 3.05) is 20.2 Å². The summed E-state index contributed by atoms with van der Waals surface area (Å²) < 4.78 is 41.7. The van der Waals surface area contributed by atoms with Gasteiger partial charge in [-0.2, -0.15) is 13.2 Å². The highest BCUT2D eigenvalue weighted by Crippen LogP contribution is 2.23. The molecular weight excluding hydrogens is 253 g/mol. The average molecular weight is 268 g/mol. The summed E-state index contributed by atoms with van der Waals surface area (Å²) in [7, 11) is 0.943. The number of alkyl halides is 3. The van der Waals surface area contributed by atoms with E-state index in [4.69, 9.17) is 0 Å². The lowest BCUT2D eigenvalue weighted by molar-refractivity contribution is -0.136. The predicted octanol–water partition coefficient (Wildman–Crippen LogP) is 1.66. The zero-order valence-electron chi connectivity index (χ0n) is 10.3. The minimum absolute atomic E-state index is 0.196. The molecule has 0 bridgehead atoms. The maximum atomic E-state index is 12.5. The fourth-order valence-corrected chi connectivity index (χ4v) is 1.07. The number of nitrogens with one attached hydrogen (secondary N) is 1. The molecule has 0 atom stereocenters. The van der Waals surface area contributed by atoms with Crippen LogP contribution >= 0.6 is 0 Å². The molecule has 0 unspecified atom stereocenters. The molecular formula is C10H15F3N2O3. The second-order valence-electron chi connectivity index (χ2n) is 3.18. The van der Waals surface area contributed by atoms with Gasteiger partial charge in [0.25, 0.3) is 0 Å². The molecule has 0 aliphatic rings. The van der Waals surface area contributed by atoms with Crippen molar-refractivity contribution < 1.29 is 27.5 Å². The molecule has 0 saturated carbocycles. The van der Waals surface area contributed by atoms with Crippen LogP contribution in [0.15, 0.2) is 11.8 Å². The van der Waals surface area contributed by atoms with E-state index < -0.39 is 23.9 Å². The van der Waals surface area contributed by atoms with Crippen LogP contribution in [0, 0.1) is 0 Å². The summed E-state index contributed by atoms with van der Waals surface area (Å²) in [6, 6.07) is -0.924. The fourth-order valence-electron chi connectivity index (χ4n) is 1.07. The van der Waals surface area contributed by atoms with Gasteiger partial charge in [0, 0.05) is 13.1 Å². The molecule has 0 aliphatic heterocycles. The lowest BCUT2D eigenvalue weighted by atomic mass is 10.3. The summed E-state index contributed by atoms with van der Waals surface area (Å²) in [5.41, 5.74) is -1.45. The van der Waals surface area contributed by atoms with Gasteiger partial charge in [0.1, 0.15) is 5.70 Å². The predicted molar refractivity (Wildman–Crippen MR) is 57.6 cm³/mol. The number of halogens is 3. The van der Waals surface area contributed by atoms with E-state index in [-0.39, 0.29) is 19.2 Å². The van der Waals surface area contributed by atoms with Gasteiger partial charge in [-0.3, -0.25) is 0 Å². The molecule has 104 valence electrons. The zero-order valence-corrected chi connectivity index (χ0v) is 10.3. The molecule has 0 spiro atoms. The maximum absolute atomic E-state index is 12.5. The number of carbonyl (C=O) groups is 2. The molecule has 0 aromatic rings. The Morgan fingerprint density at radius 3 is 2.11 bits per heavy atom. The Labute approximate surface area is 103 Å². The largest absolute Gasteiger partial charge is 0.466 e. The third-order valence-corrected chi connectivity index (χ3v) is 2.06. The first-order chi connectivity index (χ1) is 8.26. The quantitative estimate of drug-likeness (QED) is 0.623. The molecule has 0 rings (SSSR count). The number of amides is 2. The highest BCUT2D eigenvalue weighted by atomic mass is 19.4. The number of urea groups is 1. The number of hydrogen-bond acceptors (Lipinski definition) is 3. The first-order valence-corrected chi connectivity index (χ1v) is 5.19. The second-order valence-corrected chi connectivity index (χ2v) is 3.18. The third-order valence-electron chi connectivity index (χ3n) is 2.06. The van der Waals surface area contributed by atoms with Gasteiger partial charge < -0.3 is 15.0 Å². The van der Waals surface area contributed by atoms with Crippen molar-refractivity contribution >= 4 is 12.0 Å². The minimum Gasteiger partial charge on any atom is -0.466 e. The minimum atomic E-state index is -4.84. The van der Waals surface area contributed by atoms with Crippen molar-refractivity contribution in [3.8, 4) is 0 Å². The molecule has 18 heavy (non-hydrogen) atoms. The number of hydrogen-bond donors (Lipinski definition) is 1. The Morgan fingerprint density at radius 2 is 1.78 bits per heavy atom. The molecule has 0 aromatic carbocycles. The molecule has 0 saturated heterocycles. The van der Waals surface area contributed by atoms with E-state index in [0.717, 1.165) is 12.0 Å². The number of carbonyl (C=O) groups excluding carboxylic acids is 2. The topological polar surface area (TPSA) is 58.6 Å². The zero-order chi connectivity index (χ0) is 14.3. The normalized spacial score (nSPS) is 12.0. The smallest absolute Gasteiger partial charge is 0.431 e. The lowest BCUT2D eigenvalue weighted by Gasteiger charge is -2.21. The highest BCUT2D eigenvalue weighted by Gasteiger charge is 2.36. The van der Waals surface area contributed by atoms with Crippen molar-refractivity contribution in [1.29, 1.82) is 0 Å². The van der Waals surface area contributed by atoms with Gasteiger partial charge in [0.15, 0.2) is 0 Å². The number of esters is 1. The molecule has 8 heteroatoms. The monoisotopic (exact) mass is 268 g/mol. The van der Waals surface area contributed by atoms with E-state index >= 15 is 0 Å². The standard InChI is InChI=1S/C10H15F3N2O3/c1-4-15(5-2)9(17)14-7(10(11,12)13)6-8(16)18-3/h6H,4-5H2,1-3H3,(H,14,17)/b7-6+. The van der Waals surface area contributed by atoms with Crippen LogP contribution in [0.5, 0.6) is 0 Å². The Hall–Kier alpha value is -1.73. The third kappa shape index (κ3) is 5.07. The van der Waals surface area contributed by atoms with Gasteiger partial charge in [-0.15, -0.1) is 0 Å². The van der Waals surface area contributed by atoms with Gasteiger partial charge in [-0.05, 0) is 13.8 Å². The van der Waals surface area contributed by atoms with Gasteiger partial charge in [-0.1, -0.05) is 0 Å². The lowest BCUT2D eigenvalue weighted by Crippen LogP contribution is -2.42. The number of nitrogens with zero attached hydrogens (tertiary/aromatic N) is 1. The Morgan fingerprint density at radius 1 is 1.28 bits per heavy atom. The van der Waals surface area contributed by atoms with Crippen molar-refractivity contribution in [3.63, 3.8) is 0 Å². The van der Waals surface area contributed by atoms with Crippen molar-refractivity contribution in [2.45, 2.75) is 20.0 Å². The van der Waals surface area contributed by atoms with Crippen LogP contribution in [0.1, 0.15) is 13.8 Å². The first-order valence-electron chi connectivity index (χ1n) is 5.19. The summed E-state index contributed by atoms with van der Waals surface area (Å²) in [5.74, 6) is -1.19. The van der Waals surface area contributed by atoms with E-state index in [1.807, 2.05) is 0 Å². The van der Waals surface area contributed by atoms with Crippen LogP contribution < -0.4 is 5.32 Å². The van der Waals surface area contributed by atoms with Gasteiger partial charge in [-0.25, -0.2) is 9.59 Å². The Kier molecular flexibility index (Phi) is 6.21. The number of methoxy groups -OCH3 is 1. The molecule has 0 aromatic heterocycles. The highest BCUT2D eigenvalue weighted by molar-refractivity contribution is 5.85. The molecule has 0 fully saturated rings. The van der Waals surface area contributed by atoms with Crippen molar-refractivity contribution in [1.82, 2.24) is 10.2 Å². The van der Waals surface area contributed by atoms with E-state index in [0.29, 0.717) is 0 Å². The average Bonchev–Trinajstić information content (AvgIpc) is 2.28. The van der Waals surface area contributed by atoms with Crippen LogP contribution in [0.25, 0.3) is 0 Å². The van der Waals surface area contributed by atoms with E-state index in [1.54, 1.807) is 19.2 Å². The number of allylic oxidation sites excluding steroid dienone is 1. The van der Waals surface area contributed by atoms with Crippen LogP contribution in [-0.4, -0.2) is 43.3 Å². The Bertz CT molecular complexity index is 336. The van der Waals surface area contributed by atoms with Crippen LogP contribution in [0.4, 0.5) is 18.0 Å². The Balaban J connectivity index is 4.98. The molecule has 2 amide bonds. The van der Waals surface area contributed by atoms with Gasteiger partial charge in [0.2, 0.25) is 0 Å². The van der Waals surface area contributed by atoms with Crippen molar-refractivity contribution in [2.24, 2.45) is 0 Å². The summed E-state index contributed by atoms with van der Waals surface area (Å²) in [4.78, 5) is 23.4. The maximum Gasteiger partial charge on any atom is 0.431 e. The second kappa shape index (κ2) is 6.87. The molecule has 5 nitrogen and oxygen atoms in total. The molecule has 0 aliphatic carbocycles. The molecule has 0 heterocycles. The van der Waals surface area contributed by atoms with Gasteiger partial charge in [0.05, 0.1) is 13.2 Å². The summed E-state index contributed by atoms with van der Waals surface area (Å²) in [6.07, 6.45) is -4.64. The van der Waals surface area contributed by atoms with Gasteiger partial charge >= 0.3 is 18.2 Å². The number of ether oxygens (including phenoxy) is 1. The molecule has 0 radical (unpaired) electrons. The van der Waals surface area contributed by atoms with E-state index in [9.17, 15) is 22.8 Å². The van der Waals surface area contributed by atoms with Crippen LogP contribution in [0.2, 0.25) is 0 Å². The number of rotatable bonds is 4. The van der Waals surface area contributed by atoms with Crippen LogP contribution in [0.3, 0.4) is 0 Å². The fraction of sp³-hybridized carbons (Fsp3) is 0.600. The first kappa shape index (κ1) is 16.3. The summed E-state index contributed by atoms with van der Waals surface area (Å²) in [6.45, 7) is 3.76. The summed E-state index contributed by atoms with van der Waals surface area (Å²) in [5, 5.41) is 1.65. The van der Waals surface area contributed by atoms with Crippen LogP contribution in [-0.2, 0) is 9.53 Å². The van der Waals surface area contributed by atoms with E-state index in [2.05, 4.69) is 4.74 Å². The van der Waals surface area contributed by atoms with E-state index in [1.165, 1.54) is 0 Å².